The molecule has 5 nitrogen and oxygen atoms in total. The highest BCUT2D eigenvalue weighted by Gasteiger charge is 2.35. The third-order valence-electron chi connectivity index (χ3n) is 2.94. The van der Waals surface area contributed by atoms with Crippen molar-refractivity contribution >= 4 is 17.2 Å². The summed E-state index contributed by atoms with van der Waals surface area (Å²) in [5.41, 5.74) is -0.938. The number of nitrogens with zero attached hydrogens (tertiary/aromatic N) is 1. The number of carbonyl (C=O) groups excluding carboxylic acids is 1. The molecule has 2 rings (SSSR count). The molecule has 2 atom stereocenters. The minimum Gasteiger partial charge on any atom is -0.376 e. The van der Waals surface area contributed by atoms with Crippen LogP contribution in [-0.4, -0.2) is 36.8 Å². The summed E-state index contributed by atoms with van der Waals surface area (Å²) in [6, 6.07) is -0.566. The van der Waals surface area contributed by atoms with Crippen molar-refractivity contribution in [2.45, 2.75) is 31.7 Å². The summed E-state index contributed by atoms with van der Waals surface area (Å²) in [4.78, 5) is 15.5. The molecule has 0 saturated carbocycles. The Balaban J connectivity index is 2.02. The van der Waals surface area contributed by atoms with Crippen molar-refractivity contribution in [1.29, 1.82) is 0 Å². The van der Waals surface area contributed by atoms with E-state index in [1.165, 1.54) is 0 Å². The molecule has 1 amide bonds. The van der Waals surface area contributed by atoms with E-state index in [2.05, 4.69) is 10.3 Å². The van der Waals surface area contributed by atoms with Crippen molar-refractivity contribution in [3.05, 3.63) is 16.1 Å². The van der Waals surface area contributed by atoms with Crippen molar-refractivity contribution in [1.82, 2.24) is 10.3 Å². The number of thiazole rings is 1. The van der Waals surface area contributed by atoms with Gasteiger partial charge in [-0.1, -0.05) is 6.92 Å². The molecule has 1 aliphatic rings. The first-order valence-corrected chi connectivity index (χ1v) is 7.32. The van der Waals surface area contributed by atoms with E-state index >= 15 is 0 Å². The second-order valence-corrected chi connectivity index (χ2v) is 5.36. The molecule has 21 heavy (non-hydrogen) atoms. The van der Waals surface area contributed by atoms with Crippen LogP contribution in [0.2, 0.25) is 0 Å². The van der Waals surface area contributed by atoms with Gasteiger partial charge < -0.3 is 14.8 Å². The monoisotopic (exact) mass is 324 g/mol. The van der Waals surface area contributed by atoms with Crippen molar-refractivity contribution < 1.29 is 27.4 Å². The standard InChI is InChI=1S/C12H15F3N2O3S/c1-2-7(11-17-9(6-21-11)12(13,14)15)16-10(18)8-5-19-3-4-20-8/h6-8H,2-5H2,1H3,(H,16,18). The van der Waals surface area contributed by atoms with E-state index in [0.29, 0.717) is 19.6 Å². The van der Waals surface area contributed by atoms with Crippen molar-refractivity contribution in [3.63, 3.8) is 0 Å². The number of amides is 1. The second-order valence-electron chi connectivity index (χ2n) is 4.47. The second kappa shape index (κ2) is 6.71. The molecule has 1 N–H and O–H groups in total. The van der Waals surface area contributed by atoms with Gasteiger partial charge in [0.15, 0.2) is 11.8 Å². The van der Waals surface area contributed by atoms with Crippen LogP contribution in [-0.2, 0) is 20.4 Å². The number of alkyl halides is 3. The Hall–Kier alpha value is -1.19. The van der Waals surface area contributed by atoms with Crippen LogP contribution in [0.25, 0.3) is 0 Å². The van der Waals surface area contributed by atoms with Crippen LogP contribution in [0.4, 0.5) is 13.2 Å². The molecule has 1 aliphatic heterocycles. The quantitative estimate of drug-likeness (QED) is 0.922. The molecule has 1 aromatic rings. The van der Waals surface area contributed by atoms with Gasteiger partial charge >= 0.3 is 6.18 Å². The zero-order valence-corrected chi connectivity index (χ0v) is 12.1. The maximum Gasteiger partial charge on any atom is 0.434 e. The highest BCUT2D eigenvalue weighted by atomic mass is 32.1. The number of ether oxygens (including phenoxy) is 2. The van der Waals surface area contributed by atoms with E-state index < -0.39 is 29.9 Å². The molecule has 0 spiro atoms. The summed E-state index contributed by atoms with van der Waals surface area (Å²) in [6.45, 7) is 2.67. The highest BCUT2D eigenvalue weighted by Crippen LogP contribution is 2.32. The molecule has 0 bridgehead atoms. The van der Waals surface area contributed by atoms with Crippen molar-refractivity contribution in [3.8, 4) is 0 Å². The van der Waals surface area contributed by atoms with Gasteiger partial charge in [0, 0.05) is 5.38 Å². The molecule has 118 valence electrons. The lowest BCUT2D eigenvalue weighted by molar-refractivity contribution is -0.148. The van der Waals surface area contributed by atoms with Gasteiger partial charge in [0.2, 0.25) is 0 Å². The normalized spacial score (nSPS) is 21.0. The summed E-state index contributed by atoms with van der Waals surface area (Å²) in [5, 5.41) is 3.83. The van der Waals surface area contributed by atoms with E-state index in [0.717, 1.165) is 16.7 Å². The lowest BCUT2D eigenvalue weighted by Crippen LogP contribution is -2.44. The SMILES string of the molecule is CCC(NC(=O)C1COCCO1)c1nc(C(F)(F)F)cs1. The van der Waals surface area contributed by atoms with Gasteiger partial charge in [-0.3, -0.25) is 4.79 Å². The van der Waals surface area contributed by atoms with Crippen LogP contribution < -0.4 is 5.32 Å². The first-order valence-electron chi connectivity index (χ1n) is 6.44. The number of halogens is 3. The predicted molar refractivity (Wildman–Crippen MR) is 68.8 cm³/mol. The fourth-order valence-electron chi connectivity index (χ4n) is 1.82. The third-order valence-corrected chi connectivity index (χ3v) is 3.90. The summed E-state index contributed by atoms with van der Waals surface area (Å²) in [5.74, 6) is -0.398. The molecule has 2 heterocycles. The average Bonchev–Trinajstić information content (AvgIpc) is 2.95. The van der Waals surface area contributed by atoms with Gasteiger partial charge in [0.05, 0.1) is 25.9 Å². The molecule has 0 radical (unpaired) electrons. The lowest BCUT2D eigenvalue weighted by Gasteiger charge is -2.24. The van der Waals surface area contributed by atoms with Gasteiger partial charge in [-0.15, -0.1) is 11.3 Å². The smallest absolute Gasteiger partial charge is 0.376 e. The van der Waals surface area contributed by atoms with Gasteiger partial charge in [-0.2, -0.15) is 13.2 Å². The molecule has 1 saturated heterocycles. The number of rotatable bonds is 4. The van der Waals surface area contributed by atoms with E-state index in [-0.39, 0.29) is 11.6 Å². The van der Waals surface area contributed by atoms with E-state index in [9.17, 15) is 18.0 Å². The van der Waals surface area contributed by atoms with E-state index in [1.54, 1.807) is 6.92 Å². The lowest BCUT2D eigenvalue weighted by atomic mass is 10.2. The Morgan fingerprint density at radius 1 is 1.57 bits per heavy atom. The number of carbonyl (C=O) groups is 1. The minimum atomic E-state index is -4.47. The van der Waals surface area contributed by atoms with Crippen LogP contribution in [0.1, 0.15) is 30.1 Å². The van der Waals surface area contributed by atoms with Gasteiger partial charge in [0.1, 0.15) is 5.01 Å². The first-order chi connectivity index (χ1) is 9.91. The van der Waals surface area contributed by atoms with E-state index in [4.69, 9.17) is 9.47 Å². The number of nitrogens with one attached hydrogen (secondary N) is 1. The fourth-order valence-corrected chi connectivity index (χ4v) is 2.78. The molecule has 9 heteroatoms. The summed E-state index contributed by atoms with van der Waals surface area (Å²) < 4.78 is 48.0. The summed E-state index contributed by atoms with van der Waals surface area (Å²) in [7, 11) is 0. The Bertz CT molecular complexity index is 486. The van der Waals surface area contributed by atoms with Gasteiger partial charge in [-0.25, -0.2) is 4.98 Å². The first kappa shape index (κ1) is 16.2. The molecular weight excluding hydrogens is 309 g/mol. The number of hydrogen-bond acceptors (Lipinski definition) is 5. The molecule has 0 aromatic carbocycles. The molecule has 1 fully saturated rings. The zero-order chi connectivity index (χ0) is 15.5. The highest BCUT2D eigenvalue weighted by molar-refractivity contribution is 7.09. The average molecular weight is 324 g/mol. The maximum absolute atomic E-state index is 12.5. The van der Waals surface area contributed by atoms with Crippen LogP contribution in [0.5, 0.6) is 0 Å². The summed E-state index contributed by atoms with van der Waals surface area (Å²) in [6.07, 6.45) is -4.77. The van der Waals surface area contributed by atoms with E-state index in [1.807, 2.05) is 0 Å². The summed E-state index contributed by atoms with van der Waals surface area (Å²) >= 11 is 0.880. The van der Waals surface area contributed by atoms with Gasteiger partial charge in [-0.05, 0) is 6.42 Å². The zero-order valence-electron chi connectivity index (χ0n) is 11.3. The molecular formula is C12H15F3N2O3S. The van der Waals surface area contributed by atoms with Crippen LogP contribution in [0.3, 0.4) is 0 Å². The van der Waals surface area contributed by atoms with Crippen LogP contribution >= 0.6 is 11.3 Å². The van der Waals surface area contributed by atoms with Crippen molar-refractivity contribution in [2.24, 2.45) is 0 Å². The predicted octanol–water partition coefficient (Wildman–Crippen LogP) is 2.14. The minimum absolute atomic E-state index is 0.147. The van der Waals surface area contributed by atoms with Crippen LogP contribution in [0, 0.1) is 0 Å². The number of aromatic nitrogens is 1. The van der Waals surface area contributed by atoms with Crippen LogP contribution in [0.15, 0.2) is 5.38 Å². The topological polar surface area (TPSA) is 60.5 Å². The Morgan fingerprint density at radius 2 is 2.33 bits per heavy atom. The number of hydrogen-bond donors (Lipinski definition) is 1. The molecule has 2 unspecified atom stereocenters. The molecule has 1 aromatic heterocycles. The largest absolute Gasteiger partial charge is 0.434 e. The maximum atomic E-state index is 12.5. The Morgan fingerprint density at radius 3 is 2.86 bits per heavy atom. The van der Waals surface area contributed by atoms with Crippen molar-refractivity contribution in [2.75, 3.05) is 19.8 Å². The fraction of sp³-hybridized carbons (Fsp3) is 0.667. The van der Waals surface area contributed by atoms with Gasteiger partial charge in [0.25, 0.3) is 5.91 Å². The molecule has 0 aliphatic carbocycles. The Labute approximate surface area is 123 Å². The third kappa shape index (κ3) is 4.14. The Kier molecular flexibility index (Phi) is 5.17.